The van der Waals surface area contributed by atoms with Gasteiger partial charge in [0.2, 0.25) is 0 Å². The third kappa shape index (κ3) is 5.25. The van der Waals surface area contributed by atoms with Gasteiger partial charge in [0.25, 0.3) is 0 Å². The Labute approximate surface area is 136 Å². The van der Waals surface area contributed by atoms with Crippen LogP contribution in [-0.2, 0) is 11.8 Å². The van der Waals surface area contributed by atoms with E-state index in [4.69, 9.17) is 4.74 Å². The average Bonchev–Trinajstić information content (AvgIpc) is 2.36. The zero-order valence-corrected chi connectivity index (χ0v) is 15.7. The van der Waals surface area contributed by atoms with Gasteiger partial charge in [-0.3, -0.25) is 0 Å². The van der Waals surface area contributed by atoms with Crippen LogP contribution in [0.25, 0.3) is 0 Å². The molecule has 1 nitrogen and oxygen atoms in total. The summed E-state index contributed by atoms with van der Waals surface area (Å²) in [5.74, 6) is 2.32. The quantitative estimate of drug-likeness (QED) is 0.705. The molecule has 0 bridgehead atoms. The molecule has 0 saturated heterocycles. The van der Waals surface area contributed by atoms with Crippen molar-refractivity contribution in [3.8, 4) is 5.75 Å². The second-order valence-corrected chi connectivity index (χ2v) is 8.36. The Bertz CT molecular complexity index is 452. The van der Waals surface area contributed by atoms with Crippen molar-refractivity contribution in [1.82, 2.24) is 0 Å². The van der Waals surface area contributed by atoms with Crippen LogP contribution >= 0.6 is 12.6 Å². The molecule has 0 aliphatic carbocycles. The average molecular weight is 309 g/mol. The van der Waals surface area contributed by atoms with E-state index in [1.54, 1.807) is 0 Å². The fraction of sp³-hybridized carbons (Fsp3) is 0.684. The van der Waals surface area contributed by atoms with Crippen molar-refractivity contribution in [2.24, 2.45) is 11.3 Å². The molecule has 0 radical (unpaired) electrons. The van der Waals surface area contributed by atoms with Crippen molar-refractivity contribution in [3.63, 3.8) is 0 Å². The molecule has 0 aliphatic heterocycles. The fourth-order valence-electron chi connectivity index (χ4n) is 2.28. The number of benzene rings is 1. The molecule has 1 atom stereocenters. The predicted octanol–water partition coefficient (Wildman–Crippen LogP) is 5.52. The molecule has 21 heavy (non-hydrogen) atoms. The maximum Gasteiger partial charge on any atom is 0.123 e. The highest BCUT2D eigenvalue weighted by Gasteiger charge is 2.25. The van der Waals surface area contributed by atoms with Crippen LogP contribution in [0.4, 0.5) is 0 Å². The Hall–Kier alpha value is -0.630. The van der Waals surface area contributed by atoms with Gasteiger partial charge in [0, 0.05) is 5.92 Å². The summed E-state index contributed by atoms with van der Waals surface area (Å²) in [7, 11) is 0. The van der Waals surface area contributed by atoms with Crippen LogP contribution in [0.3, 0.4) is 0 Å². The second kappa shape index (κ2) is 7.09. The zero-order chi connectivity index (χ0) is 16.3. The minimum absolute atomic E-state index is 0.0959. The second-order valence-electron chi connectivity index (χ2n) is 7.99. The highest BCUT2D eigenvalue weighted by Crippen LogP contribution is 2.34. The summed E-state index contributed by atoms with van der Waals surface area (Å²) < 4.78 is 6.19. The SMILES string of the molecule is CCc1ccc(OCC(CS)C(C)(C)C)c(C(C)(C)C)c1. The molecule has 120 valence electrons. The molecule has 0 saturated carbocycles. The Morgan fingerprint density at radius 2 is 1.71 bits per heavy atom. The molecule has 0 fully saturated rings. The largest absolute Gasteiger partial charge is 0.493 e. The molecule has 2 heteroatoms. The van der Waals surface area contributed by atoms with E-state index in [2.05, 4.69) is 79.3 Å². The number of rotatable bonds is 5. The van der Waals surface area contributed by atoms with Crippen LogP contribution in [0.5, 0.6) is 5.75 Å². The smallest absolute Gasteiger partial charge is 0.123 e. The van der Waals surface area contributed by atoms with Crippen molar-refractivity contribution in [3.05, 3.63) is 29.3 Å². The van der Waals surface area contributed by atoms with E-state index in [9.17, 15) is 0 Å². The summed E-state index contributed by atoms with van der Waals surface area (Å²) in [6, 6.07) is 6.61. The normalized spacial score (nSPS) is 14.1. The topological polar surface area (TPSA) is 9.23 Å². The first-order chi connectivity index (χ1) is 9.59. The molecule has 0 N–H and O–H groups in total. The minimum atomic E-state index is 0.0959. The Morgan fingerprint density at radius 3 is 2.14 bits per heavy atom. The lowest BCUT2D eigenvalue weighted by Crippen LogP contribution is -2.28. The van der Waals surface area contributed by atoms with Gasteiger partial charge in [0.05, 0.1) is 6.61 Å². The molecule has 1 rings (SSSR count). The molecular weight excluding hydrogens is 276 g/mol. The van der Waals surface area contributed by atoms with Crippen LogP contribution in [-0.4, -0.2) is 12.4 Å². The van der Waals surface area contributed by atoms with Gasteiger partial charge in [0.15, 0.2) is 0 Å². The number of hydrogen-bond donors (Lipinski definition) is 1. The summed E-state index contributed by atoms with van der Waals surface area (Å²) in [6.45, 7) is 16.4. The summed E-state index contributed by atoms with van der Waals surface area (Å²) in [5, 5.41) is 0. The molecule has 1 unspecified atom stereocenters. The van der Waals surface area contributed by atoms with Crippen molar-refractivity contribution in [2.45, 2.75) is 60.3 Å². The van der Waals surface area contributed by atoms with E-state index in [0.717, 1.165) is 24.5 Å². The van der Waals surface area contributed by atoms with Crippen LogP contribution in [0, 0.1) is 11.3 Å². The van der Waals surface area contributed by atoms with Crippen LogP contribution in [0.15, 0.2) is 18.2 Å². The van der Waals surface area contributed by atoms with Crippen molar-refractivity contribution in [1.29, 1.82) is 0 Å². The van der Waals surface area contributed by atoms with E-state index < -0.39 is 0 Å². The molecular formula is C19H32OS. The van der Waals surface area contributed by atoms with Crippen molar-refractivity contribution in [2.75, 3.05) is 12.4 Å². The van der Waals surface area contributed by atoms with Gasteiger partial charge in [-0.25, -0.2) is 0 Å². The van der Waals surface area contributed by atoms with Crippen molar-refractivity contribution >= 4 is 12.6 Å². The molecule has 1 aromatic rings. The summed E-state index contributed by atoms with van der Waals surface area (Å²) in [4.78, 5) is 0. The third-order valence-corrected chi connectivity index (χ3v) is 4.59. The van der Waals surface area contributed by atoms with E-state index in [-0.39, 0.29) is 10.8 Å². The van der Waals surface area contributed by atoms with Gasteiger partial charge in [0.1, 0.15) is 5.75 Å². The lowest BCUT2D eigenvalue weighted by molar-refractivity contribution is 0.163. The number of ether oxygens (including phenoxy) is 1. The lowest BCUT2D eigenvalue weighted by atomic mass is 9.82. The number of hydrogen-bond acceptors (Lipinski definition) is 2. The van der Waals surface area contributed by atoms with Gasteiger partial charge in [-0.1, -0.05) is 60.6 Å². The summed E-state index contributed by atoms with van der Waals surface area (Å²) in [6.07, 6.45) is 1.06. The Balaban J connectivity index is 2.98. The van der Waals surface area contributed by atoms with E-state index >= 15 is 0 Å². The monoisotopic (exact) mass is 308 g/mol. The van der Waals surface area contributed by atoms with E-state index in [1.165, 1.54) is 11.1 Å². The van der Waals surface area contributed by atoms with E-state index in [0.29, 0.717) is 5.92 Å². The minimum Gasteiger partial charge on any atom is -0.493 e. The summed E-state index contributed by atoms with van der Waals surface area (Å²) in [5.41, 5.74) is 2.98. The Morgan fingerprint density at radius 1 is 1.10 bits per heavy atom. The van der Waals surface area contributed by atoms with E-state index in [1.807, 2.05) is 0 Å². The van der Waals surface area contributed by atoms with Crippen LogP contribution in [0.1, 0.15) is 59.6 Å². The number of thiol groups is 1. The molecule has 0 aromatic heterocycles. The number of aryl methyl sites for hydroxylation is 1. The highest BCUT2D eigenvalue weighted by molar-refractivity contribution is 7.80. The van der Waals surface area contributed by atoms with Gasteiger partial charge >= 0.3 is 0 Å². The van der Waals surface area contributed by atoms with Crippen molar-refractivity contribution < 1.29 is 4.74 Å². The van der Waals surface area contributed by atoms with Crippen LogP contribution in [0.2, 0.25) is 0 Å². The standard InChI is InChI=1S/C19H32OS/c1-8-14-9-10-17(16(11-14)19(5,6)7)20-12-15(13-21)18(2,3)4/h9-11,15,21H,8,12-13H2,1-7H3. The van der Waals surface area contributed by atoms with Gasteiger partial charge in [-0.2, -0.15) is 12.6 Å². The maximum absolute atomic E-state index is 6.19. The molecule has 0 spiro atoms. The zero-order valence-electron chi connectivity index (χ0n) is 14.8. The fourth-order valence-corrected chi connectivity index (χ4v) is 2.93. The van der Waals surface area contributed by atoms with Gasteiger partial charge in [-0.05, 0) is 40.2 Å². The highest BCUT2D eigenvalue weighted by atomic mass is 32.1. The first-order valence-corrected chi connectivity index (χ1v) is 8.60. The predicted molar refractivity (Wildman–Crippen MR) is 96.8 cm³/mol. The molecule has 0 amide bonds. The van der Waals surface area contributed by atoms with Crippen LogP contribution < -0.4 is 4.74 Å². The molecule has 1 aromatic carbocycles. The first-order valence-electron chi connectivity index (χ1n) is 7.96. The Kier molecular flexibility index (Phi) is 6.22. The molecule has 0 heterocycles. The summed E-state index contributed by atoms with van der Waals surface area (Å²) >= 11 is 4.49. The molecule has 0 aliphatic rings. The first kappa shape index (κ1) is 18.4. The van der Waals surface area contributed by atoms with Gasteiger partial charge in [-0.15, -0.1) is 0 Å². The van der Waals surface area contributed by atoms with Gasteiger partial charge < -0.3 is 4.74 Å². The lowest BCUT2D eigenvalue weighted by Gasteiger charge is -2.30. The maximum atomic E-state index is 6.19. The third-order valence-electron chi connectivity index (χ3n) is 4.15.